The van der Waals surface area contributed by atoms with Crippen molar-refractivity contribution in [2.75, 3.05) is 0 Å². The highest BCUT2D eigenvalue weighted by molar-refractivity contribution is 6.38. The minimum atomic E-state index is -1.31. The fourth-order valence-corrected chi connectivity index (χ4v) is 14.9. The number of phenolic OH excluding ortho intramolecular Hbond substituents is 14. The van der Waals surface area contributed by atoms with Crippen LogP contribution in [-0.2, 0) is 0 Å². The minimum absolute atomic E-state index is 0.0159. The first-order chi connectivity index (χ1) is 45.1. The number of ether oxygens (including phenoxy) is 1. The molecule has 18 rings (SSSR count). The summed E-state index contributed by atoms with van der Waals surface area (Å²) < 4.78 is 20.0. The van der Waals surface area contributed by atoms with Crippen molar-refractivity contribution in [2.45, 2.75) is 0 Å². The zero-order valence-corrected chi connectivity index (χ0v) is 47.7. The predicted octanol–water partition coefficient (Wildman–Crippen LogP) is 17.7. The van der Waals surface area contributed by atoms with E-state index in [1.165, 1.54) is 0 Å². The molecule has 93 heavy (non-hydrogen) atoms. The van der Waals surface area contributed by atoms with Gasteiger partial charge >= 0.3 is 0 Å². The van der Waals surface area contributed by atoms with Crippen LogP contribution in [0, 0.1) is 0 Å². The number of aromatic hydroxyl groups is 14. The Hall–Kier alpha value is -13.3. The van der Waals surface area contributed by atoms with E-state index in [9.17, 15) is 71.5 Å². The highest BCUT2D eigenvalue weighted by Crippen LogP contribution is 2.68. The number of phenols is 14. The Morgan fingerprint density at radius 3 is 1.02 bits per heavy atom. The first-order valence-corrected chi connectivity index (χ1v) is 29.1. The molecule has 0 fully saturated rings. The van der Waals surface area contributed by atoms with Crippen molar-refractivity contribution < 1.29 is 85.1 Å². The summed E-state index contributed by atoms with van der Waals surface area (Å²) >= 11 is 0. The smallest absolute Gasteiger partial charge is 0.208 e. The van der Waals surface area contributed by atoms with E-state index >= 15 is 0 Å². The van der Waals surface area contributed by atoms with E-state index in [2.05, 4.69) is 0 Å². The Morgan fingerprint density at radius 2 is 0.538 bits per heavy atom. The largest absolute Gasteiger partial charge is 0.506 e. The second kappa shape index (κ2) is 18.2. The molecule has 448 valence electrons. The van der Waals surface area contributed by atoms with Crippen molar-refractivity contribution >= 4 is 87.0 Å². The van der Waals surface area contributed by atoms with E-state index < -0.39 is 97.0 Å². The summed E-state index contributed by atoms with van der Waals surface area (Å²) in [4.78, 5) is 0. The van der Waals surface area contributed by atoms with Crippen LogP contribution in [-0.4, -0.2) is 71.5 Å². The van der Waals surface area contributed by atoms with Gasteiger partial charge in [-0.25, -0.2) is 0 Å². The Labute approximate surface area is 520 Å². The lowest BCUT2D eigenvalue weighted by Crippen LogP contribution is -1.95. The second-order valence-electron chi connectivity index (χ2n) is 23.3. The third kappa shape index (κ3) is 6.51. The van der Waals surface area contributed by atoms with E-state index in [1.54, 1.807) is 60.7 Å². The number of furan rings is 2. The maximum Gasteiger partial charge on any atom is 0.208 e. The lowest BCUT2D eigenvalue weighted by atomic mass is 9.83. The Bertz CT molecular complexity index is 6140. The van der Waals surface area contributed by atoms with Gasteiger partial charge < -0.3 is 85.1 Å². The highest BCUT2D eigenvalue weighted by Gasteiger charge is 2.41. The average Bonchev–Trinajstić information content (AvgIpc) is 1.55. The summed E-state index contributed by atoms with van der Waals surface area (Å²) in [7, 11) is 0. The summed E-state index contributed by atoms with van der Waals surface area (Å²) in [5, 5.41) is 169. The molecule has 0 radical (unpaired) electrons. The van der Waals surface area contributed by atoms with Gasteiger partial charge in [0, 0.05) is 54.9 Å². The van der Waals surface area contributed by atoms with Crippen LogP contribution in [0.3, 0.4) is 0 Å². The number of rotatable bonds is 6. The van der Waals surface area contributed by atoms with Crippen LogP contribution in [0.25, 0.3) is 176 Å². The fraction of sp³-hybridized carbons (Fsp3) is 0. The standard InChI is InChI=1S/C76H42O17/c77-58-43(30-15-5-2-6-16-30)75(76-53-49(58)40-24-11-21-37-41(29-13-3-1-4-14-29)33-17-7-9-19-35(33)47(44(37)40)51-55(53)74(93-76)71(90)68(87)61(51)80)91-32-27-25-31(26-28-32)42-34-18-8-10-20-36(34)46-45-38(42)22-12-23-39(45)48-52-54-50(46)60(79)67(86)70(89)73(54)92-72(52)64(83)56(59(48)78)57-62(81)65(84)69(88)66(85)63(57)82/h1-28,77-90H. The number of fused-ring (bicyclic) bond motifs is 8. The molecule has 0 saturated carbocycles. The molecule has 0 amide bonds. The molecule has 14 N–H and O–H groups in total. The van der Waals surface area contributed by atoms with Crippen LogP contribution in [0.2, 0.25) is 0 Å². The summed E-state index contributed by atoms with van der Waals surface area (Å²) in [5.41, 5.74) is 2.71. The van der Waals surface area contributed by atoms with E-state index in [-0.39, 0.29) is 83.3 Å². The first-order valence-electron chi connectivity index (χ1n) is 29.1. The average molecular weight is 1230 g/mol. The molecule has 0 saturated heterocycles. The van der Waals surface area contributed by atoms with Gasteiger partial charge in [-0.05, 0) is 94.2 Å². The molecule has 2 aromatic heterocycles. The Kier molecular flexibility index (Phi) is 10.3. The summed E-state index contributed by atoms with van der Waals surface area (Å²) in [6, 6.07) is 51.7. The van der Waals surface area contributed by atoms with E-state index in [4.69, 9.17) is 13.6 Å². The molecule has 0 bridgehead atoms. The third-order valence-corrected chi connectivity index (χ3v) is 18.7. The first kappa shape index (κ1) is 52.8. The maximum absolute atomic E-state index is 13.4. The number of hydrogen-bond donors (Lipinski definition) is 14. The number of hydrogen-bond acceptors (Lipinski definition) is 17. The molecule has 0 atom stereocenters. The van der Waals surface area contributed by atoms with Crippen LogP contribution in [0.1, 0.15) is 0 Å². The Balaban J connectivity index is 0.886. The monoisotopic (exact) mass is 1230 g/mol. The highest BCUT2D eigenvalue weighted by atomic mass is 16.5. The van der Waals surface area contributed by atoms with Gasteiger partial charge in [-0.15, -0.1) is 0 Å². The van der Waals surface area contributed by atoms with Crippen LogP contribution in [0.15, 0.2) is 179 Å². The van der Waals surface area contributed by atoms with Crippen molar-refractivity contribution in [1.82, 2.24) is 0 Å². The van der Waals surface area contributed by atoms with Crippen LogP contribution >= 0.6 is 0 Å². The quantitative estimate of drug-likeness (QED) is 0.0418. The van der Waals surface area contributed by atoms with Gasteiger partial charge in [0.15, 0.2) is 56.8 Å². The molecule has 0 unspecified atom stereocenters. The van der Waals surface area contributed by atoms with Gasteiger partial charge in [0.25, 0.3) is 0 Å². The zero-order chi connectivity index (χ0) is 63.6. The molecule has 2 aliphatic rings. The maximum atomic E-state index is 13.4. The lowest BCUT2D eigenvalue weighted by molar-refractivity contribution is 0.329. The van der Waals surface area contributed by atoms with E-state index in [0.717, 1.165) is 21.9 Å². The lowest BCUT2D eigenvalue weighted by Gasteiger charge is -2.21. The van der Waals surface area contributed by atoms with Gasteiger partial charge in [-0.1, -0.05) is 158 Å². The Morgan fingerprint density at radius 1 is 0.204 bits per heavy atom. The predicted molar refractivity (Wildman–Crippen MR) is 351 cm³/mol. The minimum Gasteiger partial charge on any atom is -0.506 e. The van der Waals surface area contributed by atoms with Gasteiger partial charge in [-0.2, -0.15) is 0 Å². The molecule has 0 spiro atoms. The molecule has 17 nitrogen and oxygen atoms in total. The normalized spacial score (nSPS) is 12.3. The van der Waals surface area contributed by atoms with Crippen LogP contribution in [0.4, 0.5) is 0 Å². The zero-order valence-electron chi connectivity index (χ0n) is 47.7. The van der Waals surface area contributed by atoms with Crippen LogP contribution < -0.4 is 4.74 Å². The van der Waals surface area contributed by atoms with Gasteiger partial charge in [0.05, 0.1) is 16.7 Å². The molecule has 2 aliphatic carbocycles. The molecule has 2 heterocycles. The fourth-order valence-electron chi connectivity index (χ4n) is 14.9. The summed E-state index contributed by atoms with van der Waals surface area (Å²) in [5.74, 6) is -13.2. The molecule has 17 heteroatoms. The van der Waals surface area contributed by atoms with E-state index in [0.29, 0.717) is 65.7 Å². The molecule has 14 aromatic carbocycles. The van der Waals surface area contributed by atoms with Gasteiger partial charge in [0.2, 0.25) is 40.2 Å². The van der Waals surface area contributed by atoms with Gasteiger partial charge in [0.1, 0.15) is 17.2 Å². The summed E-state index contributed by atoms with van der Waals surface area (Å²) in [6.45, 7) is 0. The molecular formula is C76H42O17. The number of benzene rings is 14. The van der Waals surface area contributed by atoms with Crippen molar-refractivity contribution in [3.05, 3.63) is 170 Å². The van der Waals surface area contributed by atoms with Gasteiger partial charge in [-0.3, -0.25) is 0 Å². The van der Waals surface area contributed by atoms with Crippen molar-refractivity contribution in [2.24, 2.45) is 0 Å². The van der Waals surface area contributed by atoms with Crippen molar-refractivity contribution in [1.29, 1.82) is 0 Å². The molecule has 16 aromatic rings. The summed E-state index contributed by atoms with van der Waals surface area (Å²) in [6.07, 6.45) is 0. The van der Waals surface area contributed by atoms with Crippen LogP contribution in [0.5, 0.6) is 92.0 Å². The SMILES string of the molecule is Oc1c(O)c(O)c(-c2c(O)c3c4c(oc5c(O)c(O)c(O)c(c54)-c4c5ccccc5c(-c5ccc(Oc6c(-c7ccccc7)c(O)c7c8c6oc6c(O)c(O)c(O)c(c68)-c6c8ccccc8c(-c8ccccc8)c8cccc-7c68)cc5)c5cccc-3c45)c2O)c(O)c1O. The van der Waals surface area contributed by atoms with Crippen molar-refractivity contribution in [3.63, 3.8) is 0 Å². The van der Waals surface area contributed by atoms with E-state index in [1.807, 2.05) is 109 Å². The molecular weight excluding hydrogens is 1180 g/mol. The third-order valence-electron chi connectivity index (χ3n) is 18.7. The van der Waals surface area contributed by atoms with Crippen molar-refractivity contribution in [3.8, 4) is 181 Å². The second-order valence-corrected chi connectivity index (χ2v) is 23.3. The molecule has 0 aliphatic heterocycles. The topological polar surface area (TPSA) is 319 Å².